The van der Waals surface area contributed by atoms with Gasteiger partial charge in [-0.25, -0.2) is 0 Å². The van der Waals surface area contributed by atoms with Crippen molar-refractivity contribution >= 4 is 0 Å². The molecule has 0 N–H and O–H groups in total. The minimum Gasteiger partial charge on any atom is -0.496 e. The van der Waals surface area contributed by atoms with Crippen molar-refractivity contribution in [1.82, 2.24) is 0 Å². The first-order valence-electron chi connectivity index (χ1n) is 10.0. The van der Waals surface area contributed by atoms with Crippen molar-refractivity contribution < 1.29 is 18.9 Å². The van der Waals surface area contributed by atoms with E-state index >= 15 is 0 Å². The maximum Gasteiger partial charge on any atom is 0.135 e. The van der Waals surface area contributed by atoms with Gasteiger partial charge in [-0.05, 0) is 35.1 Å². The van der Waals surface area contributed by atoms with Crippen molar-refractivity contribution in [1.29, 1.82) is 0 Å². The van der Waals surface area contributed by atoms with Crippen LogP contribution in [-0.4, -0.2) is 28.4 Å². The van der Waals surface area contributed by atoms with Gasteiger partial charge < -0.3 is 18.9 Å². The first-order chi connectivity index (χ1) is 14.0. The van der Waals surface area contributed by atoms with Gasteiger partial charge in [0, 0.05) is 11.1 Å². The Bertz CT molecular complexity index is 886. The van der Waals surface area contributed by atoms with Crippen LogP contribution in [0.25, 0.3) is 0 Å². The molecule has 0 saturated carbocycles. The van der Waals surface area contributed by atoms with Crippen LogP contribution >= 0.6 is 0 Å². The average Bonchev–Trinajstić information content (AvgIpc) is 2.69. The van der Waals surface area contributed by atoms with Crippen molar-refractivity contribution in [3.05, 3.63) is 46.5 Å². The smallest absolute Gasteiger partial charge is 0.135 e. The predicted molar refractivity (Wildman–Crippen MR) is 122 cm³/mol. The maximum atomic E-state index is 5.63. The predicted octanol–water partition coefficient (Wildman–Crippen LogP) is 5.72. The molecule has 2 aromatic carbocycles. The van der Waals surface area contributed by atoms with Crippen LogP contribution in [0.4, 0.5) is 0 Å². The molecule has 0 amide bonds. The SMILES string of the molecule is COc1cc(C(C)(C)C)c(OC)cc1C#Cc1cc(OC)c(C(C)(C)C)cc1OC. The van der Waals surface area contributed by atoms with Crippen LogP contribution in [0.5, 0.6) is 23.0 Å². The van der Waals surface area contributed by atoms with Crippen LogP contribution in [0.2, 0.25) is 0 Å². The number of hydrogen-bond acceptors (Lipinski definition) is 4. The molecule has 0 heterocycles. The molecular weight excluding hydrogens is 376 g/mol. The zero-order valence-electron chi connectivity index (χ0n) is 19.9. The normalized spacial score (nSPS) is 11.4. The highest BCUT2D eigenvalue weighted by molar-refractivity contribution is 5.60. The molecule has 0 atom stereocenters. The summed E-state index contributed by atoms with van der Waals surface area (Å²) in [5, 5.41) is 0. The van der Waals surface area contributed by atoms with E-state index in [0.717, 1.165) is 33.8 Å². The molecule has 0 spiro atoms. The first-order valence-corrected chi connectivity index (χ1v) is 10.0. The molecule has 0 bridgehead atoms. The molecular formula is C26H34O4. The van der Waals surface area contributed by atoms with Crippen LogP contribution in [0.15, 0.2) is 24.3 Å². The molecule has 0 fully saturated rings. The Hall–Kier alpha value is -2.80. The van der Waals surface area contributed by atoms with Gasteiger partial charge in [0.25, 0.3) is 0 Å². The molecule has 0 aliphatic carbocycles. The number of hydrogen-bond donors (Lipinski definition) is 0. The second-order valence-corrected chi connectivity index (χ2v) is 9.26. The highest BCUT2D eigenvalue weighted by Gasteiger charge is 2.23. The number of ether oxygens (including phenoxy) is 4. The molecule has 0 radical (unpaired) electrons. The van der Waals surface area contributed by atoms with E-state index < -0.39 is 0 Å². The summed E-state index contributed by atoms with van der Waals surface area (Å²) in [5.74, 6) is 9.47. The Balaban J connectivity index is 2.64. The maximum absolute atomic E-state index is 5.63. The van der Waals surface area contributed by atoms with Gasteiger partial charge in [0.2, 0.25) is 0 Å². The Labute approximate surface area is 181 Å². The van der Waals surface area contributed by atoms with E-state index in [4.69, 9.17) is 18.9 Å². The van der Waals surface area contributed by atoms with Gasteiger partial charge >= 0.3 is 0 Å². The standard InChI is InChI=1S/C26H34O4/c1-25(2,3)19-15-21(27-7)17(13-23(19)29-9)11-12-18-14-24(30-10)20(26(4,5)6)16-22(18)28-8/h13-16H,1-10H3. The summed E-state index contributed by atoms with van der Waals surface area (Å²) < 4.78 is 22.5. The second kappa shape index (κ2) is 8.92. The molecule has 2 aromatic rings. The Morgan fingerprint density at radius 2 is 0.800 bits per heavy atom. The molecule has 0 aliphatic rings. The fraction of sp³-hybridized carbons (Fsp3) is 0.462. The molecule has 0 aromatic heterocycles. The lowest BCUT2D eigenvalue weighted by Crippen LogP contribution is -2.13. The molecule has 0 unspecified atom stereocenters. The van der Waals surface area contributed by atoms with Gasteiger partial charge in [0.05, 0.1) is 39.6 Å². The van der Waals surface area contributed by atoms with Gasteiger partial charge in [-0.2, -0.15) is 0 Å². The summed E-state index contributed by atoms with van der Waals surface area (Å²) in [5.41, 5.74) is 3.49. The molecule has 0 saturated heterocycles. The van der Waals surface area contributed by atoms with Crippen LogP contribution in [0.3, 0.4) is 0 Å². The van der Waals surface area contributed by atoms with Crippen molar-refractivity contribution in [3.63, 3.8) is 0 Å². The van der Waals surface area contributed by atoms with Crippen LogP contribution < -0.4 is 18.9 Å². The van der Waals surface area contributed by atoms with Crippen LogP contribution in [0, 0.1) is 11.8 Å². The summed E-state index contributed by atoms with van der Waals surface area (Å²) in [7, 11) is 6.66. The van der Waals surface area contributed by atoms with E-state index in [1.165, 1.54) is 0 Å². The van der Waals surface area contributed by atoms with Gasteiger partial charge in [-0.15, -0.1) is 0 Å². The Morgan fingerprint density at radius 3 is 1.03 bits per heavy atom. The van der Waals surface area contributed by atoms with Crippen LogP contribution in [0.1, 0.15) is 63.8 Å². The highest BCUT2D eigenvalue weighted by Crippen LogP contribution is 2.38. The summed E-state index contributed by atoms with van der Waals surface area (Å²) in [6.07, 6.45) is 0. The minimum absolute atomic E-state index is 0.0794. The lowest BCUT2D eigenvalue weighted by atomic mass is 9.85. The Morgan fingerprint density at radius 1 is 0.500 bits per heavy atom. The zero-order chi connectivity index (χ0) is 22.7. The second-order valence-electron chi connectivity index (χ2n) is 9.26. The molecule has 30 heavy (non-hydrogen) atoms. The number of methoxy groups -OCH3 is 4. The number of rotatable bonds is 4. The largest absolute Gasteiger partial charge is 0.496 e. The van der Waals surface area contributed by atoms with E-state index in [9.17, 15) is 0 Å². The summed E-state index contributed by atoms with van der Waals surface area (Å²) in [6.45, 7) is 12.9. The molecule has 0 aliphatic heterocycles. The molecule has 2 rings (SSSR count). The Kier molecular flexibility index (Phi) is 6.98. The van der Waals surface area contributed by atoms with Gasteiger partial charge in [0.1, 0.15) is 23.0 Å². The van der Waals surface area contributed by atoms with Gasteiger partial charge in [-0.1, -0.05) is 53.4 Å². The zero-order valence-corrected chi connectivity index (χ0v) is 19.9. The third kappa shape index (κ3) is 5.02. The summed E-state index contributed by atoms with van der Waals surface area (Å²) in [6, 6.07) is 7.87. The highest BCUT2D eigenvalue weighted by atomic mass is 16.5. The lowest BCUT2D eigenvalue weighted by Gasteiger charge is -2.23. The van der Waals surface area contributed by atoms with Crippen LogP contribution in [-0.2, 0) is 10.8 Å². The fourth-order valence-electron chi connectivity index (χ4n) is 3.30. The van der Waals surface area contributed by atoms with Crippen molar-refractivity contribution in [2.24, 2.45) is 0 Å². The topological polar surface area (TPSA) is 36.9 Å². The van der Waals surface area contributed by atoms with E-state index in [1.807, 2.05) is 24.3 Å². The van der Waals surface area contributed by atoms with Crippen molar-refractivity contribution in [3.8, 4) is 34.8 Å². The van der Waals surface area contributed by atoms with Gasteiger partial charge in [-0.3, -0.25) is 0 Å². The number of benzene rings is 2. The lowest BCUT2D eigenvalue weighted by molar-refractivity contribution is 0.387. The third-order valence-electron chi connectivity index (χ3n) is 4.99. The van der Waals surface area contributed by atoms with E-state index in [-0.39, 0.29) is 10.8 Å². The molecule has 4 heteroatoms. The fourth-order valence-corrected chi connectivity index (χ4v) is 3.30. The van der Waals surface area contributed by atoms with E-state index in [0.29, 0.717) is 11.5 Å². The van der Waals surface area contributed by atoms with Gasteiger partial charge in [0.15, 0.2) is 0 Å². The van der Waals surface area contributed by atoms with E-state index in [1.54, 1.807) is 28.4 Å². The third-order valence-corrected chi connectivity index (χ3v) is 4.99. The summed E-state index contributed by atoms with van der Waals surface area (Å²) >= 11 is 0. The first kappa shape index (κ1) is 23.5. The van der Waals surface area contributed by atoms with Crippen molar-refractivity contribution in [2.75, 3.05) is 28.4 Å². The minimum atomic E-state index is -0.0794. The van der Waals surface area contributed by atoms with Crippen molar-refractivity contribution in [2.45, 2.75) is 52.4 Å². The molecule has 4 nitrogen and oxygen atoms in total. The average molecular weight is 411 g/mol. The monoisotopic (exact) mass is 410 g/mol. The molecule has 162 valence electrons. The summed E-state index contributed by atoms with van der Waals surface area (Å²) in [4.78, 5) is 0. The quantitative estimate of drug-likeness (QED) is 0.605. The van der Waals surface area contributed by atoms with E-state index in [2.05, 4.69) is 53.4 Å².